The topological polar surface area (TPSA) is 90.9 Å². The average molecular weight is 460 g/mol. The molecule has 10 heteroatoms. The number of benzene rings is 1. The number of nitriles is 1. The van der Waals surface area contributed by atoms with Crippen LogP contribution in [0.2, 0.25) is 0 Å². The lowest BCUT2D eigenvalue weighted by Crippen LogP contribution is -2.49. The molecule has 1 aliphatic heterocycles. The van der Waals surface area contributed by atoms with Gasteiger partial charge in [-0.3, -0.25) is 4.79 Å². The van der Waals surface area contributed by atoms with Crippen LogP contribution in [0, 0.1) is 17.1 Å². The van der Waals surface area contributed by atoms with Crippen LogP contribution in [0.15, 0.2) is 60.1 Å². The van der Waals surface area contributed by atoms with Crippen LogP contribution in [0.1, 0.15) is 16.2 Å². The molecule has 0 unspecified atom stereocenters. The molecule has 4 heterocycles. The van der Waals surface area contributed by atoms with E-state index in [4.69, 9.17) is 0 Å². The molecule has 3 aromatic heterocycles. The van der Waals surface area contributed by atoms with Crippen molar-refractivity contribution < 1.29 is 9.18 Å². The second kappa shape index (κ2) is 8.80. The number of halogens is 1. The van der Waals surface area contributed by atoms with Gasteiger partial charge in [0.15, 0.2) is 5.82 Å². The maximum atomic E-state index is 13.4. The summed E-state index contributed by atoms with van der Waals surface area (Å²) in [5, 5.41) is 15.7. The summed E-state index contributed by atoms with van der Waals surface area (Å²) in [7, 11) is 0. The highest BCUT2D eigenvalue weighted by Gasteiger charge is 2.28. The number of piperazine rings is 1. The van der Waals surface area contributed by atoms with E-state index < -0.39 is 0 Å². The second-order valence-electron chi connectivity index (χ2n) is 7.39. The van der Waals surface area contributed by atoms with E-state index in [1.807, 2.05) is 22.4 Å². The van der Waals surface area contributed by atoms with Crippen LogP contribution < -0.4 is 4.90 Å². The Labute approximate surface area is 193 Å². The number of carbonyl (C=O) groups is 1. The molecular weight excluding hydrogens is 441 g/mol. The van der Waals surface area contributed by atoms with Gasteiger partial charge in [-0.25, -0.2) is 19.0 Å². The number of nitrogens with zero attached hydrogens (tertiary/aromatic N) is 7. The van der Waals surface area contributed by atoms with Gasteiger partial charge in [0, 0.05) is 32.4 Å². The molecule has 33 heavy (non-hydrogen) atoms. The van der Waals surface area contributed by atoms with E-state index in [1.54, 1.807) is 40.0 Å². The third-order valence-corrected chi connectivity index (χ3v) is 6.25. The first-order valence-electron chi connectivity index (χ1n) is 10.3. The number of anilines is 1. The van der Waals surface area contributed by atoms with Crippen molar-refractivity contribution in [3.63, 3.8) is 0 Å². The van der Waals surface area contributed by atoms with Crippen LogP contribution in [0.3, 0.4) is 0 Å². The largest absolute Gasteiger partial charge is 0.352 e. The van der Waals surface area contributed by atoms with Crippen LogP contribution in [0.5, 0.6) is 0 Å². The van der Waals surface area contributed by atoms with Gasteiger partial charge in [0.1, 0.15) is 17.7 Å². The lowest BCUT2D eigenvalue weighted by Gasteiger charge is -2.35. The normalized spacial score (nSPS) is 13.7. The Balaban J connectivity index is 1.39. The van der Waals surface area contributed by atoms with Crippen LogP contribution in [-0.2, 0) is 0 Å². The Morgan fingerprint density at radius 1 is 1.06 bits per heavy atom. The number of hydrogen-bond donors (Lipinski definition) is 0. The van der Waals surface area contributed by atoms with E-state index >= 15 is 0 Å². The number of pyridine rings is 1. The minimum Gasteiger partial charge on any atom is -0.352 e. The third kappa shape index (κ3) is 4.06. The standard InChI is InChI=1S/C23H18FN7OS/c24-17-5-7-18(8-6-17)31-22(19-4-2-14-33-19)27-20(28-31)23(32)30-12-10-29(11-13-30)21-16(15-25)3-1-9-26-21/h1-9,14H,10-13H2. The fourth-order valence-corrected chi connectivity index (χ4v) is 4.43. The molecule has 5 rings (SSSR count). The predicted octanol–water partition coefficient (Wildman–Crippen LogP) is 3.36. The van der Waals surface area contributed by atoms with Crippen LogP contribution in [0.4, 0.5) is 10.2 Å². The molecule has 0 radical (unpaired) electrons. The molecule has 0 aliphatic carbocycles. The van der Waals surface area contributed by atoms with Crippen molar-refractivity contribution in [3.8, 4) is 22.5 Å². The maximum Gasteiger partial charge on any atom is 0.293 e. The van der Waals surface area contributed by atoms with Gasteiger partial charge in [0.2, 0.25) is 5.82 Å². The Bertz CT molecular complexity index is 1320. The molecule has 0 atom stereocenters. The zero-order valence-electron chi connectivity index (χ0n) is 17.4. The molecule has 0 spiro atoms. The molecule has 1 saturated heterocycles. The Hall–Kier alpha value is -4.10. The first kappa shape index (κ1) is 20.8. The predicted molar refractivity (Wildman–Crippen MR) is 122 cm³/mol. The smallest absolute Gasteiger partial charge is 0.293 e. The SMILES string of the molecule is N#Cc1cccnc1N1CCN(C(=O)c2nc(-c3cccs3)n(-c3ccc(F)cc3)n2)CC1. The summed E-state index contributed by atoms with van der Waals surface area (Å²) >= 11 is 1.49. The summed E-state index contributed by atoms with van der Waals surface area (Å²) in [5.74, 6) is 0.635. The highest BCUT2D eigenvalue weighted by molar-refractivity contribution is 7.13. The van der Waals surface area contributed by atoms with Crippen LogP contribution >= 0.6 is 11.3 Å². The van der Waals surface area contributed by atoms with Crippen molar-refractivity contribution >= 4 is 23.1 Å². The van der Waals surface area contributed by atoms with Crippen molar-refractivity contribution in [2.24, 2.45) is 0 Å². The van der Waals surface area contributed by atoms with Crippen molar-refractivity contribution in [3.05, 3.63) is 77.3 Å². The highest BCUT2D eigenvalue weighted by Crippen LogP contribution is 2.26. The van der Waals surface area contributed by atoms with E-state index in [1.165, 1.54) is 23.5 Å². The van der Waals surface area contributed by atoms with Crippen molar-refractivity contribution in [1.29, 1.82) is 5.26 Å². The maximum absolute atomic E-state index is 13.4. The number of hydrogen-bond acceptors (Lipinski definition) is 7. The van der Waals surface area contributed by atoms with Crippen molar-refractivity contribution in [2.45, 2.75) is 0 Å². The number of aromatic nitrogens is 4. The summed E-state index contributed by atoms with van der Waals surface area (Å²) in [6, 6.07) is 15.3. The molecule has 4 aromatic rings. The quantitative estimate of drug-likeness (QED) is 0.465. The minimum absolute atomic E-state index is 0.0896. The summed E-state index contributed by atoms with van der Waals surface area (Å²) < 4.78 is 15.0. The number of thiophene rings is 1. The first-order valence-corrected chi connectivity index (χ1v) is 11.2. The molecule has 1 aromatic carbocycles. The molecule has 1 aliphatic rings. The monoisotopic (exact) mass is 459 g/mol. The fourth-order valence-electron chi connectivity index (χ4n) is 3.73. The van der Waals surface area contributed by atoms with Gasteiger partial charge in [0.25, 0.3) is 5.91 Å². The summed E-state index contributed by atoms with van der Waals surface area (Å²) in [4.78, 5) is 26.7. The summed E-state index contributed by atoms with van der Waals surface area (Å²) in [6.07, 6.45) is 1.66. The third-order valence-electron chi connectivity index (χ3n) is 5.38. The first-order chi connectivity index (χ1) is 16.1. The van der Waals surface area contributed by atoms with Gasteiger partial charge in [-0.15, -0.1) is 16.4 Å². The lowest BCUT2D eigenvalue weighted by atomic mass is 10.2. The van der Waals surface area contributed by atoms with E-state index in [2.05, 4.69) is 21.1 Å². The molecule has 1 amide bonds. The highest BCUT2D eigenvalue weighted by atomic mass is 32.1. The average Bonchev–Trinajstić information content (AvgIpc) is 3.54. The molecule has 8 nitrogen and oxygen atoms in total. The van der Waals surface area contributed by atoms with E-state index in [-0.39, 0.29) is 17.5 Å². The van der Waals surface area contributed by atoms with Gasteiger partial charge in [-0.2, -0.15) is 5.26 Å². The van der Waals surface area contributed by atoms with E-state index in [0.29, 0.717) is 49.1 Å². The number of rotatable bonds is 4. The molecule has 1 fully saturated rings. The molecule has 164 valence electrons. The molecular formula is C23H18FN7OS. The lowest BCUT2D eigenvalue weighted by molar-refractivity contribution is 0.0734. The molecule has 0 saturated carbocycles. The van der Waals surface area contributed by atoms with Gasteiger partial charge in [-0.05, 0) is 47.8 Å². The summed E-state index contributed by atoms with van der Waals surface area (Å²) in [5.41, 5.74) is 1.13. The fraction of sp³-hybridized carbons (Fsp3) is 0.174. The van der Waals surface area contributed by atoms with Gasteiger partial charge in [-0.1, -0.05) is 6.07 Å². The van der Waals surface area contributed by atoms with Crippen LogP contribution in [-0.4, -0.2) is 56.7 Å². The molecule has 0 N–H and O–H groups in total. The Morgan fingerprint density at radius 3 is 2.55 bits per heavy atom. The number of amides is 1. The molecule has 0 bridgehead atoms. The van der Waals surface area contributed by atoms with Gasteiger partial charge < -0.3 is 9.80 Å². The van der Waals surface area contributed by atoms with Gasteiger partial charge in [0.05, 0.1) is 16.1 Å². The Morgan fingerprint density at radius 2 is 1.85 bits per heavy atom. The zero-order valence-corrected chi connectivity index (χ0v) is 18.2. The summed E-state index contributed by atoms with van der Waals surface area (Å²) in [6.45, 7) is 2.02. The van der Waals surface area contributed by atoms with E-state index in [9.17, 15) is 14.4 Å². The van der Waals surface area contributed by atoms with Crippen molar-refractivity contribution in [1.82, 2.24) is 24.6 Å². The second-order valence-corrected chi connectivity index (χ2v) is 8.34. The number of carbonyl (C=O) groups excluding carboxylic acids is 1. The van der Waals surface area contributed by atoms with Crippen LogP contribution in [0.25, 0.3) is 16.4 Å². The van der Waals surface area contributed by atoms with Gasteiger partial charge >= 0.3 is 0 Å². The van der Waals surface area contributed by atoms with E-state index in [0.717, 1.165) is 4.88 Å². The van der Waals surface area contributed by atoms with Crippen molar-refractivity contribution in [2.75, 3.05) is 31.1 Å². The minimum atomic E-state index is -0.349. The zero-order chi connectivity index (χ0) is 22.8. The Kier molecular flexibility index (Phi) is 5.54.